The molecule has 0 fully saturated rings. The van der Waals surface area contributed by atoms with E-state index in [0.29, 0.717) is 0 Å². The number of unbranched alkanes of at least 4 members (excludes halogenated alkanes) is 3. The molecular weight excluding hydrogens is 198 g/mol. The zero-order valence-electron chi connectivity index (χ0n) is 10.4. The molecule has 0 aliphatic rings. The number of rotatable bonds is 7. The average molecular weight is 221 g/mol. The van der Waals surface area contributed by atoms with Gasteiger partial charge in [-0.3, -0.25) is 0 Å². The third kappa shape index (κ3) is 4.67. The SMILES string of the molecule is CCCCCCOc1cccc([C@@H](C)N)c1. The van der Waals surface area contributed by atoms with Crippen LogP contribution in [0.25, 0.3) is 0 Å². The van der Waals surface area contributed by atoms with Crippen LogP contribution < -0.4 is 10.5 Å². The lowest BCUT2D eigenvalue weighted by Crippen LogP contribution is -2.05. The molecule has 1 aromatic rings. The summed E-state index contributed by atoms with van der Waals surface area (Å²) in [6, 6.07) is 8.13. The van der Waals surface area contributed by atoms with Gasteiger partial charge < -0.3 is 10.5 Å². The lowest BCUT2D eigenvalue weighted by molar-refractivity contribution is 0.304. The van der Waals surface area contributed by atoms with Crippen molar-refractivity contribution in [3.63, 3.8) is 0 Å². The predicted molar refractivity (Wildman–Crippen MR) is 68.7 cm³/mol. The van der Waals surface area contributed by atoms with E-state index in [2.05, 4.69) is 6.92 Å². The second-order valence-corrected chi connectivity index (χ2v) is 4.27. The summed E-state index contributed by atoms with van der Waals surface area (Å²) in [6.07, 6.45) is 4.95. The number of ether oxygens (including phenoxy) is 1. The van der Waals surface area contributed by atoms with Crippen molar-refractivity contribution in [2.75, 3.05) is 6.61 Å². The first kappa shape index (κ1) is 13.0. The van der Waals surface area contributed by atoms with Crippen LogP contribution in [-0.2, 0) is 0 Å². The minimum Gasteiger partial charge on any atom is -0.494 e. The lowest BCUT2D eigenvalue weighted by atomic mass is 10.1. The highest BCUT2D eigenvalue weighted by molar-refractivity contribution is 5.30. The van der Waals surface area contributed by atoms with E-state index in [4.69, 9.17) is 10.5 Å². The molecule has 2 heteroatoms. The van der Waals surface area contributed by atoms with Gasteiger partial charge in [0.1, 0.15) is 5.75 Å². The highest BCUT2D eigenvalue weighted by Gasteiger charge is 2.00. The van der Waals surface area contributed by atoms with Crippen LogP contribution >= 0.6 is 0 Å². The van der Waals surface area contributed by atoms with Gasteiger partial charge in [-0.15, -0.1) is 0 Å². The van der Waals surface area contributed by atoms with E-state index in [1.807, 2.05) is 31.2 Å². The van der Waals surface area contributed by atoms with Gasteiger partial charge in [0.15, 0.2) is 0 Å². The molecule has 2 nitrogen and oxygen atoms in total. The van der Waals surface area contributed by atoms with E-state index in [1.54, 1.807) is 0 Å². The zero-order valence-corrected chi connectivity index (χ0v) is 10.4. The molecule has 0 aliphatic heterocycles. The molecule has 0 heterocycles. The summed E-state index contributed by atoms with van der Waals surface area (Å²) in [7, 11) is 0. The minimum absolute atomic E-state index is 0.0728. The predicted octanol–water partition coefficient (Wildman–Crippen LogP) is 3.67. The molecule has 16 heavy (non-hydrogen) atoms. The smallest absolute Gasteiger partial charge is 0.119 e. The molecule has 0 aromatic heterocycles. The second-order valence-electron chi connectivity index (χ2n) is 4.27. The van der Waals surface area contributed by atoms with Crippen molar-refractivity contribution < 1.29 is 4.74 Å². The maximum atomic E-state index is 5.82. The first-order valence-corrected chi connectivity index (χ1v) is 6.22. The van der Waals surface area contributed by atoms with Crippen molar-refractivity contribution in [2.24, 2.45) is 5.73 Å². The largest absolute Gasteiger partial charge is 0.494 e. The van der Waals surface area contributed by atoms with Crippen LogP contribution in [0.2, 0.25) is 0 Å². The average Bonchev–Trinajstić information content (AvgIpc) is 2.29. The molecule has 1 atom stereocenters. The molecule has 0 radical (unpaired) electrons. The topological polar surface area (TPSA) is 35.2 Å². The van der Waals surface area contributed by atoms with Crippen molar-refractivity contribution >= 4 is 0 Å². The Morgan fingerprint density at radius 1 is 1.25 bits per heavy atom. The highest BCUT2D eigenvalue weighted by atomic mass is 16.5. The van der Waals surface area contributed by atoms with Gasteiger partial charge in [-0.2, -0.15) is 0 Å². The molecule has 0 unspecified atom stereocenters. The second kappa shape index (κ2) is 7.29. The number of hydrogen-bond acceptors (Lipinski definition) is 2. The lowest BCUT2D eigenvalue weighted by Gasteiger charge is -2.09. The molecular formula is C14H23NO. The van der Waals surface area contributed by atoms with E-state index in [1.165, 1.54) is 19.3 Å². The quantitative estimate of drug-likeness (QED) is 0.713. The van der Waals surface area contributed by atoms with Gasteiger partial charge in [-0.05, 0) is 31.0 Å². The van der Waals surface area contributed by atoms with E-state index in [-0.39, 0.29) is 6.04 Å². The van der Waals surface area contributed by atoms with Gasteiger partial charge in [-0.25, -0.2) is 0 Å². The summed E-state index contributed by atoms with van der Waals surface area (Å²) in [6.45, 7) is 5.01. The summed E-state index contributed by atoms with van der Waals surface area (Å²) in [5.74, 6) is 0.936. The zero-order chi connectivity index (χ0) is 11.8. The molecule has 1 rings (SSSR count). The van der Waals surface area contributed by atoms with Crippen LogP contribution in [0.5, 0.6) is 5.75 Å². The summed E-state index contributed by atoms with van der Waals surface area (Å²) in [4.78, 5) is 0. The fourth-order valence-electron chi connectivity index (χ4n) is 1.61. The van der Waals surface area contributed by atoms with Crippen LogP contribution in [0.1, 0.15) is 51.1 Å². The number of benzene rings is 1. The standard InChI is InChI=1S/C14H23NO/c1-3-4-5-6-10-16-14-9-7-8-13(11-14)12(2)15/h7-9,11-12H,3-6,10,15H2,1-2H3/t12-/m1/s1. The highest BCUT2D eigenvalue weighted by Crippen LogP contribution is 2.17. The Morgan fingerprint density at radius 2 is 2.06 bits per heavy atom. The van der Waals surface area contributed by atoms with Gasteiger partial charge in [0, 0.05) is 6.04 Å². The molecule has 0 spiro atoms. The summed E-state index contributed by atoms with van der Waals surface area (Å²) < 4.78 is 5.69. The Labute approximate surface area is 98.8 Å². The minimum atomic E-state index is 0.0728. The third-order valence-electron chi connectivity index (χ3n) is 2.65. The van der Waals surface area contributed by atoms with Gasteiger partial charge in [0.25, 0.3) is 0 Å². The van der Waals surface area contributed by atoms with Crippen LogP contribution in [0.15, 0.2) is 24.3 Å². The molecule has 0 saturated heterocycles. The van der Waals surface area contributed by atoms with Crippen molar-refractivity contribution in [3.8, 4) is 5.75 Å². The Morgan fingerprint density at radius 3 is 2.75 bits per heavy atom. The van der Waals surface area contributed by atoms with E-state index < -0.39 is 0 Å². The summed E-state index contributed by atoms with van der Waals surface area (Å²) >= 11 is 0. The molecule has 0 amide bonds. The molecule has 1 aromatic carbocycles. The monoisotopic (exact) mass is 221 g/mol. The molecule has 0 aliphatic carbocycles. The van der Waals surface area contributed by atoms with Crippen molar-refractivity contribution in [1.82, 2.24) is 0 Å². The fraction of sp³-hybridized carbons (Fsp3) is 0.571. The molecule has 0 bridgehead atoms. The molecule has 90 valence electrons. The van der Waals surface area contributed by atoms with E-state index >= 15 is 0 Å². The van der Waals surface area contributed by atoms with Crippen LogP contribution in [0.4, 0.5) is 0 Å². The van der Waals surface area contributed by atoms with Gasteiger partial charge in [0.2, 0.25) is 0 Å². The first-order chi connectivity index (χ1) is 7.74. The maximum Gasteiger partial charge on any atom is 0.119 e. The summed E-state index contributed by atoms with van der Waals surface area (Å²) in [5.41, 5.74) is 6.95. The van der Waals surface area contributed by atoms with Crippen LogP contribution in [0, 0.1) is 0 Å². The molecule has 0 saturated carbocycles. The van der Waals surface area contributed by atoms with E-state index in [9.17, 15) is 0 Å². The van der Waals surface area contributed by atoms with Gasteiger partial charge in [0.05, 0.1) is 6.61 Å². The van der Waals surface area contributed by atoms with Crippen molar-refractivity contribution in [3.05, 3.63) is 29.8 Å². The maximum absolute atomic E-state index is 5.82. The Balaban J connectivity index is 2.33. The first-order valence-electron chi connectivity index (χ1n) is 6.22. The fourth-order valence-corrected chi connectivity index (χ4v) is 1.61. The van der Waals surface area contributed by atoms with Crippen LogP contribution in [-0.4, -0.2) is 6.61 Å². The Kier molecular flexibility index (Phi) is 5.94. The normalized spacial score (nSPS) is 12.4. The van der Waals surface area contributed by atoms with Crippen molar-refractivity contribution in [1.29, 1.82) is 0 Å². The third-order valence-corrected chi connectivity index (χ3v) is 2.65. The Bertz CT molecular complexity index is 297. The number of nitrogens with two attached hydrogens (primary N) is 1. The summed E-state index contributed by atoms with van der Waals surface area (Å²) in [5, 5.41) is 0. The number of hydrogen-bond donors (Lipinski definition) is 1. The molecule has 2 N–H and O–H groups in total. The Hall–Kier alpha value is -1.02. The van der Waals surface area contributed by atoms with Gasteiger partial charge in [-0.1, -0.05) is 38.3 Å². The van der Waals surface area contributed by atoms with Gasteiger partial charge >= 0.3 is 0 Å². The van der Waals surface area contributed by atoms with Crippen LogP contribution in [0.3, 0.4) is 0 Å². The van der Waals surface area contributed by atoms with E-state index in [0.717, 1.165) is 24.3 Å². The van der Waals surface area contributed by atoms with Crippen molar-refractivity contribution in [2.45, 2.75) is 45.6 Å².